The van der Waals surface area contributed by atoms with E-state index in [1.165, 1.54) is 94.6 Å². The summed E-state index contributed by atoms with van der Waals surface area (Å²) >= 11 is 0. The molecule has 0 aliphatic carbocycles. The lowest BCUT2D eigenvalue weighted by Gasteiger charge is -2.26. The van der Waals surface area contributed by atoms with Gasteiger partial charge in [-0.25, -0.2) is 0 Å². The highest BCUT2D eigenvalue weighted by molar-refractivity contribution is 6.11. The van der Waals surface area contributed by atoms with E-state index in [9.17, 15) is 0 Å². The van der Waals surface area contributed by atoms with E-state index < -0.39 is 0 Å². The molecular formula is C139H124N6O3. The third-order valence-corrected chi connectivity index (χ3v) is 28.6. The zero-order valence-electron chi connectivity index (χ0n) is 87.1. The molecule has 0 unspecified atom stereocenters. The predicted molar refractivity (Wildman–Crippen MR) is 630 cm³/mol. The van der Waals surface area contributed by atoms with Gasteiger partial charge in [-0.2, -0.15) is 0 Å². The summed E-state index contributed by atoms with van der Waals surface area (Å²) < 4.78 is 20.1. The maximum Gasteiger partial charge on any atom is 0.137 e. The summed E-state index contributed by atoms with van der Waals surface area (Å²) in [6, 6.07) is 160. The van der Waals surface area contributed by atoms with Crippen molar-refractivity contribution < 1.29 is 13.3 Å². The number of hydrogen-bond acceptors (Lipinski definition) is 9. The third-order valence-electron chi connectivity index (χ3n) is 28.6. The molecule has 0 atom stereocenters. The van der Waals surface area contributed by atoms with Crippen LogP contribution >= 0.6 is 0 Å². The molecule has 9 nitrogen and oxygen atoms in total. The fourth-order valence-electron chi connectivity index (χ4n) is 20.6. The van der Waals surface area contributed by atoms with Gasteiger partial charge in [0.2, 0.25) is 0 Å². The fraction of sp³-hybridized carbons (Fsp3) is 0.137. The Bertz CT molecular complexity index is 8270. The van der Waals surface area contributed by atoms with Crippen LogP contribution in [0.3, 0.4) is 0 Å². The van der Waals surface area contributed by atoms with Crippen LogP contribution in [0.2, 0.25) is 0 Å². The van der Waals surface area contributed by atoms with E-state index >= 15 is 0 Å². The molecule has 0 amide bonds. The quantitative estimate of drug-likeness (QED) is 0.0589. The first kappa shape index (κ1) is 96.7. The molecule has 0 saturated carbocycles. The molecule has 23 aromatic rings. The summed E-state index contributed by atoms with van der Waals surface area (Å²) in [4.78, 5) is 13.9. The minimum Gasteiger partial charge on any atom is -0.456 e. The van der Waals surface area contributed by atoms with Gasteiger partial charge in [0.1, 0.15) is 33.5 Å². The Hall–Kier alpha value is -17.4. The number of aryl methyl sites for hydroxylation is 11. The first-order valence-corrected chi connectivity index (χ1v) is 51.9. The van der Waals surface area contributed by atoms with Gasteiger partial charge in [0.25, 0.3) is 0 Å². The van der Waals surface area contributed by atoms with Crippen molar-refractivity contribution in [3.05, 3.63) is 515 Å². The van der Waals surface area contributed by atoms with Crippen molar-refractivity contribution >= 4 is 168 Å². The summed E-state index contributed by atoms with van der Waals surface area (Å²) in [6.45, 7) is 32.6. The lowest BCUT2D eigenvalue weighted by molar-refractivity contribution is 0.668. The van der Waals surface area contributed by atoms with Gasteiger partial charge in [-0.1, -0.05) is 247 Å². The standard InChI is InChI=1S/C54H46N2O.C44H42N2O.C41H36N2O/c1-5-39-13-17-41(18-14-39)43-21-25-45(26-22-43)55(47-11-7-9-37(3)33-47)49-29-31-51-52-32-30-50(36-54(52)57-53(51)35-49)56(48-12-8-10-38(4)34-48)46-27-23-44(24-28-46)42-19-15-40(6-2)16-20-42;1-29(2)33-11-19-37(20-12-33)45(35-15-7-31(5)8-16-35)39-23-25-41-42-26-24-40(28-44(42)47-43(41)27-39)46(36-17-9-32(6)10-18-36)38-21-13-34(14-22-38)30(3)4;1-27-10-6-14-32(20-27)42(33-15-7-11-28(2)21-33)36-18-19-38-39(25-36)44-40-26-37(24-31(5)41(38)40)43(34-16-8-12-29(3)22-34)35-17-9-13-30(4)23-35/h7-36H,5-6H2,1-4H3;7-30H,1-6H3;6-26H,1-5H3. The monoisotopic (exact) mass is 1920 g/mol. The average molecular weight is 1930 g/mol. The first-order chi connectivity index (χ1) is 72.0. The molecule has 9 heteroatoms. The third kappa shape index (κ3) is 20.5. The topological polar surface area (TPSA) is 58.9 Å². The van der Waals surface area contributed by atoms with Crippen LogP contribution < -0.4 is 29.4 Å². The molecule has 148 heavy (non-hydrogen) atoms. The maximum absolute atomic E-state index is 6.76. The zero-order chi connectivity index (χ0) is 102. The number of anilines is 18. The molecule has 0 radical (unpaired) electrons. The Morgan fingerprint density at radius 3 is 0.642 bits per heavy atom. The largest absolute Gasteiger partial charge is 0.456 e. The highest BCUT2D eigenvalue weighted by Crippen LogP contribution is 2.49. The second-order valence-electron chi connectivity index (χ2n) is 40.2. The first-order valence-electron chi connectivity index (χ1n) is 51.9. The summed E-state index contributed by atoms with van der Waals surface area (Å²) in [7, 11) is 0. The number of fused-ring (bicyclic) bond motifs is 9. The van der Waals surface area contributed by atoms with Crippen molar-refractivity contribution in [2.24, 2.45) is 0 Å². The highest BCUT2D eigenvalue weighted by atomic mass is 16.3. The Labute approximate surface area is 870 Å². The van der Waals surface area contributed by atoms with E-state index in [4.69, 9.17) is 13.3 Å². The van der Waals surface area contributed by atoms with E-state index in [0.717, 1.165) is 181 Å². The number of nitrogens with zero attached hydrogens (tertiary/aromatic N) is 6. The van der Waals surface area contributed by atoms with Crippen molar-refractivity contribution in [1.29, 1.82) is 0 Å². The second-order valence-corrected chi connectivity index (χ2v) is 40.2. The van der Waals surface area contributed by atoms with Crippen molar-refractivity contribution in [3.8, 4) is 22.3 Å². The van der Waals surface area contributed by atoms with Crippen LogP contribution in [0.15, 0.2) is 456 Å². The van der Waals surface area contributed by atoms with Crippen molar-refractivity contribution in [1.82, 2.24) is 0 Å². The second kappa shape index (κ2) is 42.1. The molecule has 23 rings (SSSR count). The minimum absolute atomic E-state index is 0.481. The summed E-state index contributed by atoms with van der Waals surface area (Å²) in [5.74, 6) is 0.963. The van der Waals surface area contributed by atoms with Crippen LogP contribution in [0.25, 0.3) is 88.1 Å². The Kier molecular flexibility index (Phi) is 27.5. The van der Waals surface area contributed by atoms with Gasteiger partial charge in [0.05, 0.1) is 5.69 Å². The maximum atomic E-state index is 6.76. The van der Waals surface area contributed by atoms with Gasteiger partial charge in [0, 0.05) is 165 Å². The van der Waals surface area contributed by atoms with E-state index in [0.29, 0.717) is 11.8 Å². The van der Waals surface area contributed by atoms with Crippen molar-refractivity contribution in [2.45, 2.75) is 129 Å². The fourth-order valence-corrected chi connectivity index (χ4v) is 20.6. The van der Waals surface area contributed by atoms with E-state index in [1.807, 2.05) is 0 Å². The molecule has 0 spiro atoms. The van der Waals surface area contributed by atoms with Crippen LogP contribution in [-0.2, 0) is 12.8 Å². The van der Waals surface area contributed by atoms with Crippen LogP contribution in [0.5, 0.6) is 0 Å². The Morgan fingerprint density at radius 1 is 0.176 bits per heavy atom. The van der Waals surface area contributed by atoms with Crippen LogP contribution in [0.1, 0.15) is 126 Å². The SMILES string of the molecule is CCc1ccc(-c2ccc(N(c3cccc(C)c3)c3ccc4c(c3)oc3cc(N(c5ccc(-c6ccc(CC)cc6)cc5)c5cccc(C)c5)ccc34)cc2)cc1.Cc1ccc(N(c2ccc(C(C)C)cc2)c2ccc3c(c2)oc2cc(N(c4ccc(C)cc4)c4ccc(C(C)C)cc4)ccc23)cc1.Cc1cccc(N(c2cccc(C)c2)c2ccc3c(c2)oc2cc(N(c4cccc(C)c4)c4cccc(C)c4)cc(C)c23)c1. The summed E-state index contributed by atoms with van der Waals surface area (Å²) in [5, 5.41) is 6.68. The number of furan rings is 3. The number of benzene rings is 20. The van der Waals surface area contributed by atoms with Crippen LogP contribution in [0, 0.1) is 62.3 Å². The van der Waals surface area contributed by atoms with Crippen molar-refractivity contribution in [3.63, 3.8) is 0 Å². The minimum atomic E-state index is 0.481. The number of rotatable bonds is 24. The van der Waals surface area contributed by atoms with Gasteiger partial charge in [-0.15, -0.1) is 0 Å². The normalized spacial score (nSPS) is 11.4. The smallest absolute Gasteiger partial charge is 0.137 e. The lowest BCUT2D eigenvalue weighted by atomic mass is 10.0. The molecular weight excluding hydrogens is 1800 g/mol. The van der Waals surface area contributed by atoms with E-state index in [2.05, 4.69) is 576 Å². The van der Waals surface area contributed by atoms with Crippen LogP contribution in [0.4, 0.5) is 102 Å². The van der Waals surface area contributed by atoms with E-state index in [1.54, 1.807) is 0 Å². The molecule has 0 saturated heterocycles. The van der Waals surface area contributed by atoms with Gasteiger partial charge in [-0.3, -0.25) is 0 Å². The van der Waals surface area contributed by atoms with E-state index in [-0.39, 0.29) is 0 Å². The van der Waals surface area contributed by atoms with Gasteiger partial charge >= 0.3 is 0 Å². The molecule has 0 aliphatic rings. The number of hydrogen-bond donors (Lipinski definition) is 0. The Balaban J connectivity index is 0.000000131. The molecule has 0 N–H and O–H groups in total. The zero-order valence-corrected chi connectivity index (χ0v) is 87.1. The predicted octanol–water partition coefficient (Wildman–Crippen LogP) is 41.1. The lowest BCUT2D eigenvalue weighted by Crippen LogP contribution is -2.10. The molecule has 3 aromatic heterocycles. The van der Waals surface area contributed by atoms with Gasteiger partial charge in [0.15, 0.2) is 0 Å². The summed E-state index contributed by atoms with van der Waals surface area (Å²) in [6.07, 6.45) is 2.08. The Morgan fingerprint density at radius 2 is 0.378 bits per heavy atom. The highest BCUT2D eigenvalue weighted by Gasteiger charge is 2.26. The molecule has 0 bridgehead atoms. The van der Waals surface area contributed by atoms with Gasteiger partial charge in [-0.05, 0) is 383 Å². The average Bonchev–Trinajstić information content (AvgIpc) is 1.62. The van der Waals surface area contributed by atoms with Crippen LogP contribution in [-0.4, -0.2) is 0 Å². The molecule has 3 heterocycles. The summed E-state index contributed by atoms with van der Waals surface area (Å²) in [5.41, 5.74) is 46.1. The van der Waals surface area contributed by atoms with Gasteiger partial charge < -0.3 is 42.7 Å². The molecule has 0 aliphatic heterocycles. The molecule has 20 aromatic carbocycles. The molecule has 728 valence electrons. The molecule has 0 fully saturated rings. The van der Waals surface area contributed by atoms with Crippen molar-refractivity contribution in [2.75, 3.05) is 29.4 Å².